The molecular formula is C28H29N3O4. The summed E-state index contributed by atoms with van der Waals surface area (Å²) in [5, 5.41) is 6.29. The van der Waals surface area contributed by atoms with Crippen LogP contribution < -0.4 is 4.74 Å². The number of aromatic nitrogens is 2. The molecule has 5 rings (SSSR count). The van der Waals surface area contributed by atoms with Gasteiger partial charge in [0.15, 0.2) is 0 Å². The van der Waals surface area contributed by atoms with Crippen LogP contribution in [0.1, 0.15) is 32.9 Å². The van der Waals surface area contributed by atoms with Gasteiger partial charge >= 0.3 is 0 Å². The van der Waals surface area contributed by atoms with Gasteiger partial charge in [0, 0.05) is 42.4 Å². The van der Waals surface area contributed by atoms with E-state index < -0.39 is 0 Å². The highest BCUT2D eigenvalue weighted by Gasteiger charge is 2.24. The Balaban J connectivity index is 1.28. The number of aryl methyl sites for hydroxylation is 2. The normalized spacial score (nSPS) is 16.3. The lowest BCUT2D eigenvalue weighted by Gasteiger charge is -2.24. The second-order valence-electron chi connectivity index (χ2n) is 9.04. The van der Waals surface area contributed by atoms with Crippen LogP contribution >= 0.6 is 0 Å². The maximum absolute atomic E-state index is 13.4. The van der Waals surface area contributed by atoms with Gasteiger partial charge in [-0.1, -0.05) is 35.5 Å². The van der Waals surface area contributed by atoms with Crippen molar-refractivity contribution in [3.8, 4) is 5.75 Å². The molecule has 1 aliphatic rings. The lowest BCUT2D eigenvalue weighted by atomic mass is 9.96. The fourth-order valence-corrected chi connectivity index (χ4v) is 4.61. The van der Waals surface area contributed by atoms with Crippen molar-refractivity contribution in [3.05, 3.63) is 89.1 Å². The molecule has 4 aromatic rings. The molecule has 35 heavy (non-hydrogen) atoms. The van der Waals surface area contributed by atoms with Gasteiger partial charge in [-0.15, -0.1) is 0 Å². The zero-order valence-corrected chi connectivity index (χ0v) is 20.1. The Labute approximate surface area is 204 Å². The van der Waals surface area contributed by atoms with E-state index in [-0.39, 0.29) is 11.8 Å². The lowest BCUT2D eigenvalue weighted by molar-refractivity contribution is 0.0737. The fourth-order valence-electron chi connectivity index (χ4n) is 4.61. The Morgan fingerprint density at radius 2 is 2.03 bits per heavy atom. The van der Waals surface area contributed by atoms with Crippen LogP contribution in [0.5, 0.6) is 5.75 Å². The Hall–Kier alpha value is -3.71. The van der Waals surface area contributed by atoms with Crippen LogP contribution in [-0.2, 0) is 17.8 Å². The number of hydrogen-bond donors (Lipinski definition) is 0. The minimum Gasteiger partial charge on any atom is -0.489 e. The van der Waals surface area contributed by atoms with Crippen molar-refractivity contribution < 1.29 is 18.8 Å². The second kappa shape index (κ2) is 10.3. The Morgan fingerprint density at radius 1 is 1.14 bits per heavy atom. The van der Waals surface area contributed by atoms with E-state index in [9.17, 15) is 4.79 Å². The van der Waals surface area contributed by atoms with Crippen LogP contribution in [0, 0.1) is 19.8 Å². The summed E-state index contributed by atoms with van der Waals surface area (Å²) < 4.78 is 17.0. The van der Waals surface area contributed by atoms with E-state index in [2.05, 4.69) is 22.3 Å². The smallest absolute Gasteiger partial charge is 0.254 e. The molecule has 7 heteroatoms. The third-order valence-electron chi connectivity index (χ3n) is 6.53. The van der Waals surface area contributed by atoms with E-state index >= 15 is 0 Å². The number of amides is 1. The molecule has 1 amide bonds. The van der Waals surface area contributed by atoms with Gasteiger partial charge in [0.25, 0.3) is 5.91 Å². The van der Waals surface area contributed by atoms with Gasteiger partial charge in [0.05, 0.1) is 24.5 Å². The summed E-state index contributed by atoms with van der Waals surface area (Å²) in [6.07, 6.45) is 4.62. The van der Waals surface area contributed by atoms with Gasteiger partial charge in [0.1, 0.15) is 18.1 Å². The number of fused-ring (bicyclic) bond motifs is 1. The third kappa shape index (κ3) is 5.20. The molecule has 2 aromatic carbocycles. The van der Waals surface area contributed by atoms with Crippen LogP contribution in [0.2, 0.25) is 0 Å². The molecule has 1 saturated heterocycles. The summed E-state index contributed by atoms with van der Waals surface area (Å²) in [6.45, 7) is 6.44. The Morgan fingerprint density at radius 3 is 2.89 bits per heavy atom. The summed E-state index contributed by atoms with van der Waals surface area (Å²) in [4.78, 5) is 19.7. The molecule has 1 atom stereocenters. The largest absolute Gasteiger partial charge is 0.489 e. The van der Waals surface area contributed by atoms with Gasteiger partial charge in [-0.3, -0.25) is 9.78 Å². The molecule has 0 spiro atoms. The molecule has 0 N–H and O–H groups in total. The maximum atomic E-state index is 13.4. The van der Waals surface area contributed by atoms with E-state index in [1.165, 1.54) is 10.9 Å². The monoisotopic (exact) mass is 471 g/mol. The van der Waals surface area contributed by atoms with E-state index in [0.29, 0.717) is 44.2 Å². The summed E-state index contributed by atoms with van der Waals surface area (Å²) >= 11 is 0. The molecule has 0 radical (unpaired) electrons. The van der Waals surface area contributed by atoms with Crippen LogP contribution in [-0.4, -0.2) is 47.3 Å². The van der Waals surface area contributed by atoms with Gasteiger partial charge in [-0.05, 0) is 49.4 Å². The van der Waals surface area contributed by atoms with Crippen molar-refractivity contribution >= 4 is 16.7 Å². The highest BCUT2D eigenvalue weighted by Crippen LogP contribution is 2.23. The molecule has 1 aliphatic heterocycles. The van der Waals surface area contributed by atoms with E-state index in [1.807, 2.05) is 61.5 Å². The molecule has 1 fully saturated rings. The predicted octanol–water partition coefficient (Wildman–Crippen LogP) is 4.75. The highest BCUT2D eigenvalue weighted by molar-refractivity contribution is 5.94. The predicted molar refractivity (Wildman–Crippen MR) is 132 cm³/mol. The molecule has 2 aromatic heterocycles. The van der Waals surface area contributed by atoms with Gasteiger partial charge in [-0.2, -0.15) is 0 Å². The molecular weight excluding hydrogens is 442 g/mol. The summed E-state index contributed by atoms with van der Waals surface area (Å²) in [7, 11) is 0. The third-order valence-corrected chi connectivity index (χ3v) is 6.53. The van der Waals surface area contributed by atoms with Crippen molar-refractivity contribution in [3.63, 3.8) is 0 Å². The fraction of sp³-hybridized carbons (Fsp3) is 0.321. The number of nitrogens with zero attached hydrogens (tertiary/aromatic N) is 3. The summed E-state index contributed by atoms with van der Waals surface area (Å²) in [5.74, 6) is 1.55. The average Bonchev–Trinajstić information content (AvgIpc) is 3.06. The minimum atomic E-state index is -0.0145. The van der Waals surface area contributed by atoms with Crippen molar-refractivity contribution in [2.24, 2.45) is 5.92 Å². The SMILES string of the molecule is Cc1noc(C)c1COc1cccc(C(=O)N2CCOC[C@H](Cc3cncc4ccccc34)C2)c1. The molecule has 0 saturated carbocycles. The van der Waals surface area contributed by atoms with Crippen LogP contribution in [0.25, 0.3) is 10.8 Å². The van der Waals surface area contributed by atoms with Crippen molar-refractivity contribution in [1.29, 1.82) is 0 Å². The molecule has 0 unspecified atom stereocenters. The molecule has 180 valence electrons. The average molecular weight is 472 g/mol. The first-order valence-corrected chi connectivity index (χ1v) is 11.9. The van der Waals surface area contributed by atoms with E-state index in [1.54, 1.807) is 6.07 Å². The molecule has 7 nitrogen and oxygen atoms in total. The number of carbonyl (C=O) groups excluding carboxylic acids is 1. The number of pyridine rings is 1. The van der Waals surface area contributed by atoms with Gasteiger partial charge in [-0.25, -0.2) is 0 Å². The van der Waals surface area contributed by atoms with Crippen LogP contribution in [0.4, 0.5) is 0 Å². The number of benzene rings is 2. The van der Waals surface area contributed by atoms with Crippen LogP contribution in [0.3, 0.4) is 0 Å². The van der Waals surface area contributed by atoms with Crippen molar-refractivity contribution in [1.82, 2.24) is 15.0 Å². The Bertz CT molecular complexity index is 1310. The van der Waals surface area contributed by atoms with E-state index in [4.69, 9.17) is 14.0 Å². The number of carbonyl (C=O) groups is 1. The summed E-state index contributed by atoms with van der Waals surface area (Å²) in [5.41, 5.74) is 3.53. The first-order chi connectivity index (χ1) is 17.1. The molecule has 0 bridgehead atoms. The number of hydrogen-bond acceptors (Lipinski definition) is 6. The summed E-state index contributed by atoms with van der Waals surface area (Å²) in [6, 6.07) is 15.6. The van der Waals surface area contributed by atoms with Gasteiger partial charge < -0.3 is 18.9 Å². The Kier molecular flexibility index (Phi) is 6.77. The van der Waals surface area contributed by atoms with Crippen LogP contribution in [0.15, 0.2) is 65.4 Å². The quantitative estimate of drug-likeness (QED) is 0.404. The zero-order valence-electron chi connectivity index (χ0n) is 20.1. The second-order valence-corrected chi connectivity index (χ2v) is 9.04. The van der Waals surface area contributed by atoms with Gasteiger partial charge in [0.2, 0.25) is 0 Å². The van der Waals surface area contributed by atoms with Crippen molar-refractivity contribution in [2.45, 2.75) is 26.9 Å². The molecule has 0 aliphatic carbocycles. The lowest BCUT2D eigenvalue weighted by Crippen LogP contribution is -2.36. The van der Waals surface area contributed by atoms with E-state index in [0.717, 1.165) is 28.8 Å². The highest BCUT2D eigenvalue weighted by atomic mass is 16.5. The zero-order chi connectivity index (χ0) is 24.2. The topological polar surface area (TPSA) is 77.7 Å². The first kappa shape index (κ1) is 23.1. The standard InChI is InChI=1S/C28H29N3O4/c1-19-27(20(2)35-30-19)18-34-25-8-5-7-22(13-25)28(32)31-10-11-33-17-21(16-31)12-24-15-29-14-23-6-3-4-9-26(23)24/h3-9,13-15,21H,10-12,16-18H2,1-2H3/t21-/m1/s1. The molecule has 3 heterocycles. The number of rotatable bonds is 6. The maximum Gasteiger partial charge on any atom is 0.254 e. The first-order valence-electron chi connectivity index (χ1n) is 11.9. The minimum absolute atomic E-state index is 0.0145. The number of ether oxygens (including phenoxy) is 2. The van der Waals surface area contributed by atoms with Crippen molar-refractivity contribution in [2.75, 3.05) is 26.3 Å².